The normalized spacial score (nSPS) is 11.0. The van der Waals surface area contributed by atoms with E-state index in [-0.39, 0.29) is 5.78 Å². The molecule has 0 atom stereocenters. The van der Waals surface area contributed by atoms with Gasteiger partial charge in [0.1, 0.15) is 11.5 Å². The number of furan rings is 1. The zero-order valence-electron chi connectivity index (χ0n) is 12.3. The fraction of sp³-hybridized carbons (Fsp3) is 0.0500. The summed E-state index contributed by atoms with van der Waals surface area (Å²) in [5.41, 5.74) is 2.91. The van der Waals surface area contributed by atoms with Gasteiger partial charge < -0.3 is 4.42 Å². The van der Waals surface area contributed by atoms with Crippen molar-refractivity contribution < 1.29 is 9.21 Å². The summed E-state index contributed by atoms with van der Waals surface area (Å²) in [4.78, 5) is 12.1. The smallest absolute Gasteiger partial charge is 0.185 e. The number of carbonyl (C=O) groups excluding carboxylic acids is 1. The van der Waals surface area contributed by atoms with E-state index in [1.807, 2.05) is 61.5 Å². The highest BCUT2D eigenvalue weighted by atomic mass is 16.3. The molecule has 0 radical (unpaired) electrons. The lowest BCUT2D eigenvalue weighted by molar-refractivity contribution is 0.104. The molecule has 3 rings (SSSR count). The number of hydrogen-bond donors (Lipinski definition) is 0. The Labute approximate surface area is 129 Å². The second kappa shape index (κ2) is 6.27. The summed E-state index contributed by atoms with van der Waals surface area (Å²) in [5.74, 6) is 1.49. The van der Waals surface area contributed by atoms with Crippen LogP contribution in [0.4, 0.5) is 0 Å². The van der Waals surface area contributed by atoms with Crippen LogP contribution in [-0.2, 0) is 0 Å². The van der Waals surface area contributed by atoms with E-state index in [1.54, 1.807) is 6.08 Å². The van der Waals surface area contributed by atoms with Gasteiger partial charge in [0.25, 0.3) is 0 Å². The SMILES string of the molecule is Cc1ccc(/C=C/C(=O)c2ccc(-c3ccccc3)cc2)o1. The molecule has 0 aliphatic carbocycles. The summed E-state index contributed by atoms with van der Waals surface area (Å²) in [6.45, 7) is 1.88. The van der Waals surface area contributed by atoms with Gasteiger partial charge in [-0.15, -0.1) is 0 Å². The zero-order chi connectivity index (χ0) is 15.4. The van der Waals surface area contributed by atoms with Crippen LogP contribution in [0.2, 0.25) is 0 Å². The van der Waals surface area contributed by atoms with Crippen LogP contribution in [0.5, 0.6) is 0 Å². The molecule has 1 aromatic heterocycles. The first-order chi connectivity index (χ1) is 10.7. The molecular weight excluding hydrogens is 272 g/mol. The van der Waals surface area contributed by atoms with Gasteiger partial charge in [-0.2, -0.15) is 0 Å². The van der Waals surface area contributed by atoms with E-state index in [2.05, 4.69) is 12.1 Å². The molecular formula is C20H16O2. The van der Waals surface area contributed by atoms with Gasteiger partial charge in [-0.3, -0.25) is 4.79 Å². The fourth-order valence-electron chi connectivity index (χ4n) is 2.25. The maximum absolute atomic E-state index is 12.1. The number of benzene rings is 2. The van der Waals surface area contributed by atoms with Crippen LogP contribution in [0.15, 0.2) is 77.2 Å². The van der Waals surface area contributed by atoms with Crippen molar-refractivity contribution in [3.8, 4) is 11.1 Å². The van der Waals surface area contributed by atoms with Crippen LogP contribution < -0.4 is 0 Å². The summed E-state index contributed by atoms with van der Waals surface area (Å²) in [5, 5.41) is 0. The molecule has 0 saturated carbocycles. The van der Waals surface area contributed by atoms with Crippen LogP contribution in [-0.4, -0.2) is 5.78 Å². The second-order valence-electron chi connectivity index (χ2n) is 5.09. The van der Waals surface area contributed by atoms with E-state index >= 15 is 0 Å². The third kappa shape index (κ3) is 3.23. The van der Waals surface area contributed by atoms with Crippen molar-refractivity contribution in [1.29, 1.82) is 0 Å². The highest BCUT2D eigenvalue weighted by Crippen LogP contribution is 2.19. The Hall–Kier alpha value is -2.87. The molecule has 0 amide bonds. The predicted molar refractivity (Wildman–Crippen MR) is 88.7 cm³/mol. The minimum atomic E-state index is -0.0336. The van der Waals surface area contributed by atoms with Crippen LogP contribution >= 0.6 is 0 Å². The molecule has 0 aliphatic rings. The first-order valence-corrected chi connectivity index (χ1v) is 7.17. The summed E-state index contributed by atoms with van der Waals surface area (Å²) in [6, 6.07) is 21.4. The highest BCUT2D eigenvalue weighted by molar-refractivity contribution is 6.06. The second-order valence-corrected chi connectivity index (χ2v) is 5.09. The first kappa shape index (κ1) is 14.1. The minimum Gasteiger partial charge on any atom is -0.462 e. The van der Waals surface area contributed by atoms with Gasteiger partial charge in [0, 0.05) is 5.56 Å². The van der Waals surface area contributed by atoms with E-state index in [1.165, 1.54) is 6.08 Å². The van der Waals surface area contributed by atoms with Gasteiger partial charge in [0.05, 0.1) is 0 Å². The standard InChI is InChI=1S/C20H16O2/c1-15-7-12-19(22-15)13-14-20(21)18-10-8-17(9-11-18)16-5-3-2-4-6-16/h2-14H,1H3/b14-13+. The van der Waals surface area contributed by atoms with Gasteiger partial charge >= 0.3 is 0 Å². The maximum Gasteiger partial charge on any atom is 0.185 e. The van der Waals surface area contributed by atoms with E-state index in [0.717, 1.165) is 16.9 Å². The number of ketones is 1. The largest absolute Gasteiger partial charge is 0.462 e. The fourth-order valence-corrected chi connectivity index (χ4v) is 2.25. The molecule has 1 heterocycles. The molecule has 0 N–H and O–H groups in total. The van der Waals surface area contributed by atoms with E-state index < -0.39 is 0 Å². The lowest BCUT2D eigenvalue weighted by Gasteiger charge is -2.02. The monoisotopic (exact) mass is 288 g/mol. The number of allylic oxidation sites excluding steroid dienone is 1. The predicted octanol–water partition coefficient (Wildman–Crippen LogP) is 5.15. The van der Waals surface area contributed by atoms with Crippen molar-refractivity contribution >= 4 is 11.9 Å². The van der Waals surface area contributed by atoms with Gasteiger partial charge in [-0.25, -0.2) is 0 Å². The summed E-state index contributed by atoms with van der Waals surface area (Å²) in [7, 11) is 0. The van der Waals surface area contributed by atoms with Gasteiger partial charge in [-0.1, -0.05) is 54.6 Å². The van der Waals surface area contributed by atoms with Crippen molar-refractivity contribution in [2.24, 2.45) is 0 Å². The van der Waals surface area contributed by atoms with E-state index in [0.29, 0.717) is 11.3 Å². The van der Waals surface area contributed by atoms with Gasteiger partial charge in [-0.05, 0) is 42.3 Å². The topological polar surface area (TPSA) is 30.2 Å². The van der Waals surface area contributed by atoms with Crippen molar-refractivity contribution in [2.45, 2.75) is 6.92 Å². The lowest BCUT2D eigenvalue weighted by Crippen LogP contribution is -1.93. The molecule has 0 aliphatic heterocycles. The Morgan fingerprint density at radius 3 is 2.18 bits per heavy atom. The molecule has 2 nitrogen and oxygen atoms in total. The molecule has 2 heteroatoms. The van der Waals surface area contributed by atoms with Gasteiger partial charge in [0.15, 0.2) is 5.78 Å². The lowest BCUT2D eigenvalue weighted by atomic mass is 10.0. The molecule has 0 unspecified atom stereocenters. The zero-order valence-corrected chi connectivity index (χ0v) is 12.3. The van der Waals surface area contributed by atoms with Crippen molar-refractivity contribution in [1.82, 2.24) is 0 Å². The molecule has 3 aromatic rings. The third-order valence-electron chi connectivity index (χ3n) is 3.44. The molecule has 2 aromatic carbocycles. The first-order valence-electron chi connectivity index (χ1n) is 7.17. The van der Waals surface area contributed by atoms with Crippen molar-refractivity contribution in [3.63, 3.8) is 0 Å². The molecule has 0 spiro atoms. The Balaban J connectivity index is 1.75. The number of carbonyl (C=O) groups is 1. The average molecular weight is 288 g/mol. The Bertz CT molecular complexity index is 793. The molecule has 0 saturated heterocycles. The van der Waals surface area contributed by atoms with Crippen molar-refractivity contribution in [2.75, 3.05) is 0 Å². The quantitative estimate of drug-likeness (QED) is 0.491. The summed E-state index contributed by atoms with van der Waals surface area (Å²) >= 11 is 0. The van der Waals surface area contributed by atoms with Crippen LogP contribution in [0.3, 0.4) is 0 Å². The van der Waals surface area contributed by atoms with Crippen molar-refractivity contribution in [3.05, 3.63) is 89.9 Å². The molecule has 22 heavy (non-hydrogen) atoms. The van der Waals surface area contributed by atoms with Crippen LogP contribution in [0.25, 0.3) is 17.2 Å². The highest BCUT2D eigenvalue weighted by Gasteiger charge is 2.03. The third-order valence-corrected chi connectivity index (χ3v) is 3.44. The Morgan fingerprint density at radius 1 is 0.864 bits per heavy atom. The van der Waals surface area contributed by atoms with Crippen LogP contribution in [0, 0.1) is 6.92 Å². The number of hydrogen-bond acceptors (Lipinski definition) is 2. The molecule has 0 bridgehead atoms. The Kier molecular flexibility index (Phi) is 4.01. The summed E-state index contributed by atoms with van der Waals surface area (Å²) < 4.78 is 5.41. The maximum atomic E-state index is 12.1. The number of aryl methyl sites for hydroxylation is 1. The summed E-state index contributed by atoms with van der Waals surface area (Å²) in [6.07, 6.45) is 3.23. The average Bonchev–Trinajstić information content (AvgIpc) is 2.99. The van der Waals surface area contributed by atoms with Gasteiger partial charge in [0.2, 0.25) is 0 Å². The Morgan fingerprint density at radius 2 is 1.55 bits per heavy atom. The van der Waals surface area contributed by atoms with Crippen LogP contribution in [0.1, 0.15) is 21.9 Å². The van der Waals surface area contributed by atoms with E-state index in [4.69, 9.17) is 4.42 Å². The number of rotatable bonds is 4. The van der Waals surface area contributed by atoms with E-state index in [9.17, 15) is 4.79 Å². The molecule has 0 fully saturated rings. The minimum absolute atomic E-state index is 0.0336. The molecule has 108 valence electrons.